The summed E-state index contributed by atoms with van der Waals surface area (Å²) >= 11 is 0. The molecule has 0 radical (unpaired) electrons. The summed E-state index contributed by atoms with van der Waals surface area (Å²) in [6.07, 6.45) is 4.53. The van der Waals surface area contributed by atoms with Gasteiger partial charge in [0.25, 0.3) is 5.91 Å². The van der Waals surface area contributed by atoms with Crippen LogP contribution in [0.3, 0.4) is 0 Å². The summed E-state index contributed by atoms with van der Waals surface area (Å²) in [5.41, 5.74) is 2.88. The number of carbonyl (C=O) groups excluding carboxylic acids is 1. The molecule has 11 nitrogen and oxygen atoms in total. The first-order valence-electron chi connectivity index (χ1n) is 12.7. The third kappa shape index (κ3) is 7.24. The number of hydrogen-bond acceptors (Lipinski definition) is 9. The van der Waals surface area contributed by atoms with Crippen LogP contribution in [0.5, 0.6) is 0 Å². The van der Waals surface area contributed by atoms with Crippen LogP contribution in [0.4, 0.5) is 17.5 Å². The SMILES string of the molecule is CNCCCN(C)c1ccc(-c2ccnc(Nc3cccc(C(=O)N4CCN(CC(=O)O)CC4)c3)n2)cn1. The van der Waals surface area contributed by atoms with Gasteiger partial charge in [0.1, 0.15) is 5.82 Å². The van der Waals surface area contributed by atoms with E-state index >= 15 is 0 Å². The number of anilines is 3. The molecule has 0 spiro atoms. The lowest BCUT2D eigenvalue weighted by atomic mass is 10.1. The molecule has 0 bridgehead atoms. The van der Waals surface area contributed by atoms with Crippen LogP contribution >= 0.6 is 0 Å². The third-order valence-corrected chi connectivity index (χ3v) is 6.39. The quantitative estimate of drug-likeness (QED) is 0.325. The van der Waals surface area contributed by atoms with Gasteiger partial charge >= 0.3 is 5.97 Å². The molecule has 38 heavy (non-hydrogen) atoms. The van der Waals surface area contributed by atoms with Gasteiger partial charge in [-0.1, -0.05) is 6.07 Å². The zero-order valence-corrected chi connectivity index (χ0v) is 21.8. The van der Waals surface area contributed by atoms with E-state index in [9.17, 15) is 9.59 Å². The molecule has 1 amide bonds. The van der Waals surface area contributed by atoms with E-state index in [-0.39, 0.29) is 12.5 Å². The first-order chi connectivity index (χ1) is 18.4. The molecular formula is C27H34N8O3. The van der Waals surface area contributed by atoms with E-state index in [2.05, 4.69) is 30.5 Å². The maximum atomic E-state index is 13.0. The average Bonchev–Trinajstić information content (AvgIpc) is 2.93. The number of aromatic nitrogens is 3. The highest BCUT2D eigenvalue weighted by Gasteiger charge is 2.23. The van der Waals surface area contributed by atoms with E-state index in [1.165, 1.54) is 0 Å². The predicted octanol–water partition coefficient (Wildman–Crippen LogP) is 2.17. The summed E-state index contributed by atoms with van der Waals surface area (Å²) in [6, 6.07) is 13.1. The topological polar surface area (TPSA) is 127 Å². The summed E-state index contributed by atoms with van der Waals surface area (Å²) in [6.45, 7) is 3.94. The van der Waals surface area contributed by atoms with Gasteiger partial charge in [-0.15, -0.1) is 0 Å². The Morgan fingerprint density at radius 1 is 1.08 bits per heavy atom. The number of carboxylic acid groups (broad SMARTS) is 1. The molecule has 0 atom stereocenters. The molecule has 200 valence electrons. The minimum atomic E-state index is -0.855. The highest BCUT2D eigenvalue weighted by molar-refractivity contribution is 5.95. The molecule has 1 aliphatic rings. The van der Waals surface area contributed by atoms with E-state index in [1.807, 2.05) is 55.5 Å². The molecule has 3 N–H and O–H groups in total. The van der Waals surface area contributed by atoms with Gasteiger partial charge in [0.15, 0.2) is 0 Å². The Bertz CT molecular complexity index is 1230. The van der Waals surface area contributed by atoms with E-state index in [0.717, 1.165) is 36.6 Å². The number of hydrogen-bond donors (Lipinski definition) is 3. The van der Waals surface area contributed by atoms with Crippen LogP contribution < -0.4 is 15.5 Å². The van der Waals surface area contributed by atoms with Gasteiger partial charge in [-0.2, -0.15) is 0 Å². The van der Waals surface area contributed by atoms with Crippen molar-refractivity contribution in [3.63, 3.8) is 0 Å². The molecule has 1 aliphatic heterocycles. The summed E-state index contributed by atoms with van der Waals surface area (Å²) in [5.74, 6) is 0.386. The first-order valence-corrected chi connectivity index (χ1v) is 12.7. The van der Waals surface area contributed by atoms with Gasteiger partial charge in [0.2, 0.25) is 5.95 Å². The lowest BCUT2D eigenvalue weighted by molar-refractivity contribution is -0.138. The fourth-order valence-corrected chi connectivity index (χ4v) is 4.29. The second-order valence-corrected chi connectivity index (χ2v) is 9.22. The van der Waals surface area contributed by atoms with Crippen molar-refractivity contribution in [3.8, 4) is 11.3 Å². The van der Waals surface area contributed by atoms with E-state index in [1.54, 1.807) is 23.2 Å². The van der Waals surface area contributed by atoms with E-state index < -0.39 is 5.97 Å². The van der Waals surface area contributed by atoms with Crippen molar-refractivity contribution in [1.29, 1.82) is 0 Å². The van der Waals surface area contributed by atoms with Crippen molar-refractivity contribution in [3.05, 3.63) is 60.4 Å². The van der Waals surface area contributed by atoms with Crippen molar-refractivity contribution in [2.75, 3.05) is 70.1 Å². The highest BCUT2D eigenvalue weighted by Crippen LogP contribution is 2.22. The normalized spacial score (nSPS) is 13.8. The number of nitrogens with one attached hydrogen (secondary N) is 2. The second kappa shape index (κ2) is 12.9. The molecule has 0 aliphatic carbocycles. The number of amides is 1. The number of nitrogens with zero attached hydrogens (tertiary/aromatic N) is 6. The van der Waals surface area contributed by atoms with Crippen LogP contribution in [-0.2, 0) is 4.79 Å². The fraction of sp³-hybridized carbons (Fsp3) is 0.370. The molecule has 1 saturated heterocycles. The zero-order valence-electron chi connectivity index (χ0n) is 21.8. The summed E-state index contributed by atoms with van der Waals surface area (Å²) in [5, 5.41) is 15.3. The molecule has 3 heterocycles. The number of aliphatic carboxylic acids is 1. The lowest BCUT2D eigenvalue weighted by Gasteiger charge is -2.33. The maximum absolute atomic E-state index is 13.0. The van der Waals surface area contributed by atoms with Crippen LogP contribution in [0, 0.1) is 0 Å². The Balaban J connectivity index is 1.39. The van der Waals surface area contributed by atoms with Gasteiger partial charge in [-0.05, 0) is 56.4 Å². The number of pyridine rings is 1. The Morgan fingerprint density at radius 2 is 1.89 bits per heavy atom. The van der Waals surface area contributed by atoms with Crippen molar-refractivity contribution in [2.45, 2.75) is 6.42 Å². The Hall–Kier alpha value is -4.09. The van der Waals surface area contributed by atoms with Crippen LogP contribution in [0.1, 0.15) is 16.8 Å². The molecule has 4 rings (SSSR count). The molecule has 11 heteroatoms. The summed E-state index contributed by atoms with van der Waals surface area (Å²) in [4.78, 5) is 43.2. The number of benzene rings is 1. The van der Waals surface area contributed by atoms with Crippen molar-refractivity contribution in [1.82, 2.24) is 30.1 Å². The Morgan fingerprint density at radius 3 is 2.61 bits per heavy atom. The Labute approximate surface area is 222 Å². The molecule has 0 unspecified atom stereocenters. The van der Waals surface area contributed by atoms with Gasteiger partial charge in [0.05, 0.1) is 12.2 Å². The molecule has 1 aromatic carbocycles. The third-order valence-electron chi connectivity index (χ3n) is 6.39. The minimum absolute atomic E-state index is 0.00524. The molecular weight excluding hydrogens is 484 g/mol. The van der Waals surface area contributed by atoms with Gasteiger partial charge in [-0.25, -0.2) is 15.0 Å². The number of rotatable bonds is 11. The number of piperazine rings is 1. The van der Waals surface area contributed by atoms with Crippen LogP contribution in [-0.4, -0.2) is 102 Å². The highest BCUT2D eigenvalue weighted by atomic mass is 16.4. The Kier molecular flexibility index (Phi) is 9.17. The minimum Gasteiger partial charge on any atom is -0.480 e. The fourth-order valence-electron chi connectivity index (χ4n) is 4.29. The van der Waals surface area contributed by atoms with E-state index in [0.29, 0.717) is 43.4 Å². The second-order valence-electron chi connectivity index (χ2n) is 9.22. The largest absolute Gasteiger partial charge is 0.480 e. The standard InChI is InChI=1S/C27H34N8O3/c1-28-10-4-12-33(2)24-8-7-21(18-30-24)23-9-11-29-27(32-23)31-22-6-3-5-20(17-22)26(38)35-15-13-34(14-16-35)19-25(36)37/h3,5-9,11,17-18,28H,4,10,12-16,19H2,1-2H3,(H,36,37)(H,29,31,32). The number of carboxylic acids is 1. The van der Waals surface area contributed by atoms with Gasteiger partial charge < -0.3 is 25.5 Å². The summed E-state index contributed by atoms with van der Waals surface area (Å²) < 4.78 is 0. The number of carbonyl (C=O) groups is 2. The van der Waals surface area contributed by atoms with Crippen LogP contribution in [0.2, 0.25) is 0 Å². The molecule has 2 aromatic heterocycles. The van der Waals surface area contributed by atoms with Gasteiger partial charge in [0, 0.05) is 69.0 Å². The smallest absolute Gasteiger partial charge is 0.317 e. The van der Waals surface area contributed by atoms with Crippen molar-refractivity contribution in [2.24, 2.45) is 0 Å². The molecule has 3 aromatic rings. The average molecular weight is 519 g/mol. The molecule has 1 fully saturated rings. The predicted molar refractivity (Wildman–Crippen MR) is 147 cm³/mol. The molecule has 0 saturated carbocycles. The van der Waals surface area contributed by atoms with E-state index in [4.69, 9.17) is 5.11 Å². The van der Waals surface area contributed by atoms with Crippen molar-refractivity contribution >= 4 is 29.3 Å². The van der Waals surface area contributed by atoms with Crippen LogP contribution in [0.25, 0.3) is 11.3 Å². The maximum Gasteiger partial charge on any atom is 0.317 e. The van der Waals surface area contributed by atoms with Gasteiger partial charge in [-0.3, -0.25) is 14.5 Å². The van der Waals surface area contributed by atoms with Crippen LogP contribution in [0.15, 0.2) is 54.9 Å². The lowest BCUT2D eigenvalue weighted by Crippen LogP contribution is -2.49. The van der Waals surface area contributed by atoms with Crippen molar-refractivity contribution < 1.29 is 14.7 Å². The first kappa shape index (κ1) is 27.0. The monoisotopic (exact) mass is 518 g/mol. The summed E-state index contributed by atoms with van der Waals surface area (Å²) in [7, 11) is 3.98. The zero-order chi connectivity index (χ0) is 26.9.